The van der Waals surface area contributed by atoms with Crippen LogP contribution in [0.3, 0.4) is 0 Å². The van der Waals surface area contributed by atoms with Crippen molar-refractivity contribution in [2.45, 2.75) is 118 Å². The first kappa shape index (κ1) is 24.6. The summed E-state index contributed by atoms with van der Waals surface area (Å²) in [5.74, 6) is 0. The third-order valence-corrected chi connectivity index (χ3v) is 15.9. The molecule has 0 atom stereocenters. The second kappa shape index (κ2) is 10.0. The minimum atomic E-state index is -2.01. The van der Waals surface area contributed by atoms with Crippen LogP contribution < -0.4 is 0 Å². The average Bonchev–Trinajstić information content (AvgIpc) is 2.30. The standard InChI is InChI=1S/C19H46O2Si3/c1-11-12-14-17-22(5,6)20-24(9,10)21-23(7,8)18-15-13-16-19(2,3)4/h11-18H2,1-10H3. The van der Waals surface area contributed by atoms with Gasteiger partial charge in [0.1, 0.15) is 0 Å². The van der Waals surface area contributed by atoms with Crippen LogP contribution in [0.1, 0.15) is 66.2 Å². The molecule has 2 nitrogen and oxygen atoms in total. The number of rotatable bonds is 12. The molecule has 146 valence electrons. The largest absolute Gasteiger partial charge is 0.437 e. The van der Waals surface area contributed by atoms with Gasteiger partial charge in [0.05, 0.1) is 0 Å². The fraction of sp³-hybridized carbons (Fsp3) is 1.00. The summed E-state index contributed by atoms with van der Waals surface area (Å²) in [5.41, 5.74) is 0.456. The highest BCUT2D eigenvalue weighted by atomic mass is 28.5. The van der Waals surface area contributed by atoms with Crippen LogP contribution in [0.25, 0.3) is 0 Å². The van der Waals surface area contributed by atoms with Gasteiger partial charge in [0.2, 0.25) is 0 Å². The molecule has 0 aromatic carbocycles. The van der Waals surface area contributed by atoms with Crippen molar-refractivity contribution in [2.75, 3.05) is 0 Å². The maximum absolute atomic E-state index is 6.69. The molecule has 0 unspecified atom stereocenters. The van der Waals surface area contributed by atoms with Crippen molar-refractivity contribution in [3.63, 3.8) is 0 Å². The predicted molar refractivity (Wildman–Crippen MR) is 117 cm³/mol. The Morgan fingerprint density at radius 3 is 1.46 bits per heavy atom. The summed E-state index contributed by atoms with van der Waals surface area (Å²) in [7, 11) is -5.20. The molecule has 5 heteroatoms. The molecular formula is C19H46O2Si3. The maximum atomic E-state index is 6.69. The zero-order valence-electron chi connectivity index (χ0n) is 18.5. The van der Waals surface area contributed by atoms with Crippen LogP contribution in [-0.2, 0) is 8.23 Å². The SMILES string of the molecule is CCCCC[Si](C)(C)O[Si](C)(C)O[Si](C)(C)CCCCC(C)(C)C. The van der Waals surface area contributed by atoms with E-state index in [0.717, 1.165) is 0 Å². The molecule has 0 saturated carbocycles. The zero-order valence-corrected chi connectivity index (χ0v) is 21.5. The van der Waals surface area contributed by atoms with Crippen molar-refractivity contribution in [1.29, 1.82) is 0 Å². The molecule has 0 radical (unpaired) electrons. The summed E-state index contributed by atoms with van der Waals surface area (Å²) >= 11 is 0. The lowest BCUT2D eigenvalue weighted by molar-refractivity contribution is 0.358. The molecule has 0 saturated heterocycles. The predicted octanol–water partition coefficient (Wildman–Crippen LogP) is 7.54. The highest BCUT2D eigenvalue weighted by Crippen LogP contribution is 2.28. The van der Waals surface area contributed by atoms with Gasteiger partial charge in [0, 0.05) is 0 Å². The summed E-state index contributed by atoms with van der Waals surface area (Å²) < 4.78 is 13.3. The Balaban J connectivity index is 4.38. The van der Waals surface area contributed by atoms with Crippen LogP contribution in [0.15, 0.2) is 0 Å². The monoisotopic (exact) mass is 390 g/mol. The van der Waals surface area contributed by atoms with Crippen molar-refractivity contribution < 1.29 is 8.23 Å². The molecule has 0 heterocycles. The maximum Gasteiger partial charge on any atom is 0.311 e. The summed E-state index contributed by atoms with van der Waals surface area (Å²) in [6.45, 7) is 23.3. The molecule has 0 rings (SSSR count). The summed E-state index contributed by atoms with van der Waals surface area (Å²) in [5, 5.41) is 0. The van der Waals surface area contributed by atoms with Crippen molar-refractivity contribution in [1.82, 2.24) is 0 Å². The second-order valence-corrected chi connectivity index (χ2v) is 22.8. The van der Waals surface area contributed by atoms with Gasteiger partial charge in [-0.25, -0.2) is 0 Å². The molecule has 0 fully saturated rings. The molecule has 0 amide bonds. The number of unbranched alkanes of at least 4 members (excludes halogenated alkanes) is 3. The van der Waals surface area contributed by atoms with E-state index in [-0.39, 0.29) is 0 Å². The van der Waals surface area contributed by atoms with E-state index >= 15 is 0 Å². The molecule has 0 spiro atoms. The van der Waals surface area contributed by atoms with Gasteiger partial charge in [-0.2, -0.15) is 0 Å². The lowest BCUT2D eigenvalue weighted by Crippen LogP contribution is -2.52. The third-order valence-electron chi connectivity index (χ3n) is 4.38. The van der Waals surface area contributed by atoms with Gasteiger partial charge in [0.15, 0.2) is 16.6 Å². The van der Waals surface area contributed by atoms with Crippen LogP contribution in [0.2, 0.25) is 51.4 Å². The van der Waals surface area contributed by atoms with Gasteiger partial charge in [0.25, 0.3) is 0 Å². The summed E-state index contributed by atoms with van der Waals surface area (Å²) in [6.07, 6.45) is 7.87. The quantitative estimate of drug-likeness (QED) is 0.253. The minimum absolute atomic E-state index is 0.456. The van der Waals surface area contributed by atoms with Crippen LogP contribution >= 0.6 is 0 Å². The summed E-state index contributed by atoms with van der Waals surface area (Å²) in [4.78, 5) is 0. The van der Waals surface area contributed by atoms with E-state index in [1.807, 2.05) is 0 Å². The van der Waals surface area contributed by atoms with Gasteiger partial charge < -0.3 is 8.23 Å². The van der Waals surface area contributed by atoms with Crippen molar-refractivity contribution in [3.05, 3.63) is 0 Å². The first-order chi connectivity index (χ1) is 10.7. The van der Waals surface area contributed by atoms with E-state index in [1.54, 1.807) is 0 Å². The fourth-order valence-corrected chi connectivity index (χ4v) is 17.7. The lowest BCUT2D eigenvalue weighted by Gasteiger charge is -2.39. The van der Waals surface area contributed by atoms with Crippen molar-refractivity contribution in [3.8, 4) is 0 Å². The second-order valence-electron chi connectivity index (χ2n) is 10.3. The van der Waals surface area contributed by atoms with E-state index in [1.165, 1.54) is 50.6 Å². The normalized spacial score (nSPS) is 14.2. The summed E-state index contributed by atoms with van der Waals surface area (Å²) in [6, 6.07) is 2.54. The molecular weight excluding hydrogens is 344 g/mol. The van der Waals surface area contributed by atoms with E-state index in [9.17, 15) is 0 Å². The molecule has 24 heavy (non-hydrogen) atoms. The molecule has 0 bridgehead atoms. The van der Waals surface area contributed by atoms with E-state index in [4.69, 9.17) is 8.23 Å². The molecule has 0 aromatic rings. The smallest absolute Gasteiger partial charge is 0.311 e. The Labute approximate surface area is 156 Å². The van der Waals surface area contributed by atoms with E-state index in [0.29, 0.717) is 5.41 Å². The highest BCUT2D eigenvalue weighted by Gasteiger charge is 2.39. The Morgan fingerprint density at radius 2 is 1.08 bits per heavy atom. The molecule has 0 aliphatic carbocycles. The fourth-order valence-electron chi connectivity index (χ4n) is 3.46. The Kier molecular flexibility index (Phi) is 10.3. The molecule has 0 aliphatic rings. The lowest BCUT2D eigenvalue weighted by atomic mass is 9.90. The van der Waals surface area contributed by atoms with Crippen molar-refractivity contribution >= 4 is 25.2 Å². The van der Waals surface area contributed by atoms with Crippen LogP contribution in [0.5, 0.6) is 0 Å². The highest BCUT2D eigenvalue weighted by molar-refractivity contribution is 6.87. The van der Waals surface area contributed by atoms with Gasteiger partial charge >= 0.3 is 8.56 Å². The van der Waals surface area contributed by atoms with Crippen LogP contribution in [-0.4, -0.2) is 25.2 Å². The zero-order chi connectivity index (χ0) is 19.1. The minimum Gasteiger partial charge on any atom is -0.437 e. The van der Waals surface area contributed by atoms with E-state index < -0.39 is 25.2 Å². The topological polar surface area (TPSA) is 18.5 Å². The Morgan fingerprint density at radius 1 is 0.667 bits per heavy atom. The van der Waals surface area contributed by atoms with Gasteiger partial charge in [-0.05, 0) is 63.2 Å². The van der Waals surface area contributed by atoms with Crippen LogP contribution in [0, 0.1) is 5.41 Å². The first-order valence-corrected chi connectivity index (χ1v) is 19.1. The third kappa shape index (κ3) is 13.8. The number of hydrogen-bond donors (Lipinski definition) is 0. The Hall–Kier alpha value is 0.571. The number of hydrogen-bond acceptors (Lipinski definition) is 2. The first-order valence-electron chi connectivity index (χ1n) is 10.1. The van der Waals surface area contributed by atoms with Crippen molar-refractivity contribution in [2.24, 2.45) is 5.41 Å². The Bertz CT molecular complexity index is 347. The van der Waals surface area contributed by atoms with Gasteiger partial charge in [-0.1, -0.05) is 59.8 Å². The van der Waals surface area contributed by atoms with Crippen LogP contribution in [0.4, 0.5) is 0 Å². The molecule has 0 aliphatic heterocycles. The molecule has 0 aromatic heterocycles. The average molecular weight is 391 g/mol. The van der Waals surface area contributed by atoms with E-state index in [2.05, 4.69) is 67.0 Å². The van der Waals surface area contributed by atoms with Gasteiger partial charge in [-0.15, -0.1) is 0 Å². The molecule has 0 N–H and O–H groups in total. The van der Waals surface area contributed by atoms with Gasteiger partial charge in [-0.3, -0.25) is 0 Å².